The van der Waals surface area contributed by atoms with Crippen LogP contribution in [0, 0.1) is 11.8 Å². The third-order valence-electron chi connectivity index (χ3n) is 3.72. The number of esters is 1. The second kappa shape index (κ2) is 8.37. The first-order valence-electron chi connectivity index (χ1n) is 8.40. The molecule has 0 aliphatic carbocycles. The average molecular weight is 325 g/mol. The molecule has 0 spiro atoms. The number of carbonyl (C=O) groups is 2. The SMILES string of the molecule is COC(=O)[C@H](/C=C/[C@@H]1CCCN1C(=O)OC(C)(C)C)CC(C)C. The fourth-order valence-electron chi connectivity index (χ4n) is 2.71. The average Bonchev–Trinajstić information content (AvgIpc) is 2.88. The number of nitrogens with zero attached hydrogens (tertiary/aromatic N) is 1. The second-order valence-corrected chi connectivity index (χ2v) is 7.53. The molecule has 0 saturated carbocycles. The second-order valence-electron chi connectivity index (χ2n) is 7.53. The van der Waals surface area contributed by atoms with Crippen molar-refractivity contribution in [1.29, 1.82) is 0 Å². The van der Waals surface area contributed by atoms with E-state index in [1.165, 1.54) is 7.11 Å². The van der Waals surface area contributed by atoms with Gasteiger partial charge in [0.25, 0.3) is 0 Å². The molecule has 0 aromatic carbocycles. The fourth-order valence-corrected chi connectivity index (χ4v) is 2.71. The number of rotatable bonds is 5. The molecule has 0 radical (unpaired) electrons. The lowest BCUT2D eigenvalue weighted by molar-refractivity contribution is -0.144. The van der Waals surface area contributed by atoms with Crippen molar-refractivity contribution < 1.29 is 19.1 Å². The molecule has 0 aromatic heterocycles. The highest BCUT2D eigenvalue weighted by molar-refractivity contribution is 5.74. The highest BCUT2D eigenvalue weighted by Gasteiger charge is 2.31. The van der Waals surface area contributed by atoms with E-state index in [0.717, 1.165) is 19.3 Å². The first-order chi connectivity index (χ1) is 10.6. The van der Waals surface area contributed by atoms with Crippen LogP contribution in [0.5, 0.6) is 0 Å². The minimum absolute atomic E-state index is 0.0100. The van der Waals surface area contributed by atoms with Crippen LogP contribution in [0.1, 0.15) is 53.9 Å². The first-order valence-corrected chi connectivity index (χ1v) is 8.40. The summed E-state index contributed by atoms with van der Waals surface area (Å²) >= 11 is 0. The predicted octanol–water partition coefficient (Wildman–Crippen LogP) is 3.78. The van der Waals surface area contributed by atoms with Crippen LogP contribution in [0.2, 0.25) is 0 Å². The van der Waals surface area contributed by atoms with Crippen molar-refractivity contribution in [1.82, 2.24) is 4.90 Å². The van der Waals surface area contributed by atoms with Crippen molar-refractivity contribution in [3.05, 3.63) is 12.2 Å². The lowest BCUT2D eigenvalue weighted by Crippen LogP contribution is -2.39. The number of hydrogen-bond acceptors (Lipinski definition) is 4. The summed E-state index contributed by atoms with van der Waals surface area (Å²) in [6, 6.07) is -0.0100. The summed E-state index contributed by atoms with van der Waals surface area (Å²) in [4.78, 5) is 25.9. The standard InChI is InChI=1S/C18H31NO4/c1-13(2)12-14(16(20)22-6)9-10-15-8-7-11-19(15)17(21)23-18(3,4)5/h9-10,13-15H,7-8,11-12H2,1-6H3/b10-9+/t14-,15+/m1/s1. The summed E-state index contributed by atoms with van der Waals surface area (Å²) in [6.07, 6.45) is 6.14. The molecule has 1 saturated heterocycles. The van der Waals surface area contributed by atoms with Gasteiger partial charge in [-0.25, -0.2) is 4.79 Å². The van der Waals surface area contributed by atoms with Gasteiger partial charge in [0, 0.05) is 6.54 Å². The number of carbonyl (C=O) groups excluding carboxylic acids is 2. The van der Waals surface area contributed by atoms with E-state index >= 15 is 0 Å². The lowest BCUT2D eigenvalue weighted by Gasteiger charge is -2.27. The van der Waals surface area contributed by atoms with Gasteiger partial charge in [-0.2, -0.15) is 0 Å². The summed E-state index contributed by atoms with van der Waals surface area (Å²) in [5.74, 6) is -0.0906. The van der Waals surface area contributed by atoms with Crippen LogP contribution >= 0.6 is 0 Å². The van der Waals surface area contributed by atoms with Gasteiger partial charge in [-0.15, -0.1) is 0 Å². The molecule has 1 heterocycles. The van der Waals surface area contributed by atoms with E-state index in [1.807, 2.05) is 32.9 Å². The summed E-state index contributed by atoms with van der Waals surface area (Å²) in [6.45, 7) is 10.4. The molecule has 0 aromatic rings. The van der Waals surface area contributed by atoms with E-state index in [9.17, 15) is 9.59 Å². The Morgan fingerprint density at radius 2 is 1.96 bits per heavy atom. The number of ether oxygens (including phenoxy) is 2. The minimum Gasteiger partial charge on any atom is -0.469 e. The van der Waals surface area contributed by atoms with Crippen molar-refractivity contribution in [3.8, 4) is 0 Å². The van der Waals surface area contributed by atoms with Gasteiger partial charge in [0.05, 0.1) is 19.1 Å². The molecule has 0 bridgehead atoms. The molecule has 5 nitrogen and oxygen atoms in total. The molecule has 1 aliphatic rings. The zero-order valence-electron chi connectivity index (χ0n) is 15.3. The maximum Gasteiger partial charge on any atom is 0.410 e. The Balaban J connectivity index is 2.75. The highest BCUT2D eigenvalue weighted by Crippen LogP contribution is 2.23. The first kappa shape index (κ1) is 19.5. The molecule has 5 heteroatoms. The molecule has 2 atom stereocenters. The monoisotopic (exact) mass is 325 g/mol. The summed E-state index contributed by atoms with van der Waals surface area (Å²) in [5, 5.41) is 0. The maximum absolute atomic E-state index is 12.3. The van der Waals surface area contributed by atoms with Crippen molar-refractivity contribution in [3.63, 3.8) is 0 Å². The van der Waals surface area contributed by atoms with Crippen molar-refractivity contribution in [2.75, 3.05) is 13.7 Å². The fraction of sp³-hybridized carbons (Fsp3) is 0.778. The van der Waals surface area contributed by atoms with Gasteiger partial charge in [-0.05, 0) is 46.0 Å². The van der Waals surface area contributed by atoms with Gasteiger partial charge in [0.2, 0.25) is 0 Å². The number of methoxy groups -OCH3 is 1. The molecule has 23 heavy (non-hydrogen) atoms. The number of likely N-dealkylation sites (tertiary alicyclic amines) is 1. The van der Waals surface area contributed by atoms with Gasteiger partial charge in [0.1, 0.15) is 5.60 Å². The van der Waals surface area contributed by atoms with E-state index in [-0.39, 0.29) is 24.0 Å². The molecular formula is C18H31NO4. The number of amides is 1. The normalized spacial score (nSPS) is 20.1. The molecule has 1 fully saturated rings. The van der Waals surface area contributed by atoms with Crippen molar-refractivity contribution in [2.45, 2.75) is 65.5 Å². The predicted molar refractivity (Wildman–Crippen MR) is 90.1 cm³/mol. The zero-order valence-corrected chi connectivity index (χ0v) is 15.3. The highest BCUT2D eigenvalue weighted by atomic mass is 16.6. The molecule has 0 unspecified atom stereocenters. The summed E-state index contributed by atoms with van der Waals surface area (Å²) < 4.78 is 10.3. The third kappa shape index (κ3) is 6.63. The number of hydrogen-bond donors (Lipinski definition) is 0. The molecular weight excluding hydrogens is 294 g/mol. The van der Waals surface area contributed by atoms with E-state index < -0.39 is 5.60 Å². The van der Waals surface area contributed by atoms with Crippen molar-refractivity contribution in [2.24, 2.45) is 11.8 Å². The topological polar surface area (TPSA) is 55.8 Å². The molecule has 1 amide bonds. The molecule has 1 rings (SSSR count). The van der Waals surface area contributed by atoms with Gasteiger partial charge in [0.15, 0.2) is 0 Å². The molecule has 132 valence electrons. The Kier molecular flexibility index (Phi) is 7.10. The van der Waals surface area contributed by atoms with Gasteiger partial charge < -0.3 is 14.4 Å². The maximum atomic E-state index is 12.3. The van der Waals surface area contributed by atoms with Crippen LogP contribution in [-0.4, -0.2) is 42.3 Å². The Labute approximate surface area is 140 Å². The smallest absolute Gasteiger partial charge is 0.410 e. The Morgan fingerprint density at radius 3 is 2.48 bits per heavy atom. The van der Waals surface area contributed by atoms with E-state index in [1.54, 1.807) is 4.90 Å². The Bertz CT molecular complexity index is 437. The van der Waals surface area contributed by atoms with E-state index in [2.05, 4.69) is 13.8 Å². The van der Waals surface area contributed by atoms with Crippen LogP contribution in [0.3, 0.4) is 0 Å². The molecule has 0 N–H and O–H groups in total. The van der Waals surface area contributed by atoms with E-state index in [0.29, 0.717) is 12.5 Å². The quantitative estimate of drug-likeness (QED) is 0.570. The molecule has 1 aliphatic heterocycles. The Morgan fingerprint density at radius 1 is 1.30 bits per heavy atom. The van der Waals surface area contributed by atoms with E-state index in [4.69, 9.17) is 9.47 Å². The van der Waals surface area contributed by atoms with Crippen LogP contribution in [0.25, 0.3) is 0 Å². The van der Waals surface area contributed by atoms with Crippen LogP contribution in [0.4, 0.5) is 4.79 Å². The van der Waals surface area contributed by atoms with Crippen molar-refractivity contribution >= 4 is 12.1 Å². The Hall–Kier alpha value is -1.52. The van der Waals surface area contributed by atoms with Gasteiger partial charge >= 0.3 is 12.1 Å². The lowest BCUT2D eigenvalue weighted by atomic mass is 9.96. The van der Waals surface area contributed by atoms with Gasteiger partial charge in [-0.1, -0.05) is 26.0 Å². The minimum atomic E-state index is -0.500. The largest absolute Gasteiger partial charge is 0.469 e. The summed E-state index contributed by atoms with van der Waals surface area (Å²) in [7, 11) is 1.41. The van der Waals surface area contributed by atoms with Crippen LogP contribution in [-0.2, 0) is 14.3 Å². The van der Waals surface area contributed by atoms with Gasteiger partial charge in [-0.3, -0.25) is 4.79 Å². The van der Waals surface area contributed by atoms with Crippen LogP contribution in [0.15, 0.2) is 12.2 Å². The summed E-state index contributed by atoms with van der Waals surface area (Å²) in [5.41, 5.74) is -0.500. The third-order valence-corrected chi connectivity index (χ3v) is 3.72. The zero-order chi connectivity index (χ0) is 17.6. The van der Waals surface area contributed by atoms with Crippen LogP contribution < -0.4 is 0 Å².